The first-order valence-electron chi connectivity index (χ1n) is 1.57. The van der Waals surface area contributed by atoms with Gasteiger partial charge < -0.3 is 6.15 Å². The van der Waals surface area contributed by atoms with Crippen molar-refractivity contribution >= 4 is 36.0 Å². The molecule has 0 aromatic carbocycles. The molecule has 8 heavy (non-hydrogen) atoms. The first-order valence-corrected chi connectivity index (χ1v) is 3.20. The van der Waals surface area contributed by atoms with Crippen LogP contribution in [0.25, 0.3) is 0 Å². The lowest BCUT2D eigenvalue weighted by atomic mass is 11.0. The van der Waals surface area contributed by atoms with E-state index < -0.39 is 0 Å². The van der Waals surface area contributed by atoms with Gasteiger partial charge in [-0.2, -0.15) is 0 Å². The van der Waals surface area contributed by atoms with E-state index >= 15 is 0 Å². The highest BCUT2D eigenvalue weighted by Gasteiger charge is 1.77. The number of hydrogen-bond acceptors (Lipinski definition) is 4. The summed E-state index contributed by atoms with van der Waals surface area (Å²) in [7, 11) is 0. The molecule has 5 N–H and O–H groups in total. The van der Waals surface area contributed by atoms with Crippen molar-refractivity contribution in [2.45, 2.75) is 0 Å². The topological polar surface area (TPSA) is 66.6 Å². The summed E-state index contributed by atoms with van der Waals surface area (Å²) < 4.78 is 4.05. The Labute approximate surface area is 60.5 Å². The van der Waals surface area contributed by atoms with Crippen LogP contribution in [0.3, 0.4) is 0 Å². The van der Waals surface area contributed by atoms with Crippen LogP contribution in [0.15, 0.2) is 0 Å². The molecule has 0 amide bonds. The molecule has 1 aromatic heterocycles. The van der Waals surface area contributed by atoms with Crippen LogP contribution in [0.5, 0.6) is 0 Å². The van der Waals surface area contributed by atoms with Crippen LogP contribution in [0.1, 0.15) is 0 Å². The van der Waals surface area contributed by atoms with Crippen molar-refractivity contribution in [3.05, 3.63) is 8.46 Å². The number of aromatic nitrogens is 2. The first-order chi connectivity index (χ1) is 3.30. The summed E-state index contributed by atoms with van der Waals surface area (Å²) in [6, 6.07) is 0. The molecule has 0 aliphatic heterocycles. The highest BCUT2D eigenvalue weighted by Crippen LogP contribution is 1.93. The maximum atomic E-state index is 4.74. The van der Waals surface area contributed by atoms with Gasteiger partial charge in [-0.05, 0) is 11.5 Å². The minimum absolute atomic E-state index is 0. The van der Waals surface area contributed by atoms with Gasteiger partial charge in [-0.1, -0.05) is 24.4 Å². The zero-order chi connectivity index (χ0) is 5.28. The summed E-state index contributed by atoms with van der Waals surface area (Å²) in [5.74, 6) is 0. The minimum Gasteiger partial charge on any atom is -0.344 e. The maximum Gasteiger partial charge on any atom is 0.148 e. The molecular weight excluding hydrogens is 162 g/mol. The Bertz CT molecular complexity index is 217. The zero-order valence-corrected chi connectivity index (χ0v) is 6.38. The summed E-state index contributed by atoms with van der Waals surface area (Å²) in [5, 5.41) is 2.67. The van der Waals surface area contributed by atoms with E-state index in [4.69, 9.17) is 24.4 Å². The Balaban J connectivity index is 0.000000490. The molecule has 0 spiro atoms. The number of hydrogen-bond donors (Lipinski definition) is 3. The van der Waals surface area contributed by atoms with E-state index in [1.54, 1.807) is 0 Å². The second-order valence-electron chi connectivity index (χ2n) is 0.946. The summed E-state index contributed by atoms with van der Waals surface area (Å²) in [5.41, 5.74) is 0. The third-order valence-electron chi connectivity index (χ3n) is 0.494. The van der Waals surface area contributed by atoms with Crippen molar-refractivity contribution in [3.8, 4) is 0 Å². The quantitative estimate of drug-likeness (QED) is 0.518. The number of nitrogens with one attached hydrogen (secondary N) is 2. The second kappa shape index (κ2) is 3.08. The van der Waals surface area contributed by atoms with E-state index in [2.05, 4.69) is 9.59 Å². The molecule has 0 saturated heterocycles. The Morgan fingerprint density at radius 2 is 2.00 bits per heavy atom. The molecule has 0 fully saturated rings. The van der Waals surface area contributed by atoms with Crippen LogP contribution < -0.4 is 6.15 Å². The Morgan fingerprint density at radius 3 is 2.12 bits per heavy atom. The summed E-state index contributed by atoms with van der Waals surface area (Å²) in [6.45, 7) is 0. The molecule has 1 aromatic rings. The van der Waals surface area contributed by atoms with Crippen LogP contribution in [0.2, 0.25) is 0 Å². The molecular formula is C2H5N3S3. The van der Waals surface area contributed by atoms with Crippen molar-refractivity contribution in [1.29, 1.82) is 0 Å². The number of aromatic amines is 2. The maximum absolute atomic E-state index is 4.74. The van der Waals surface area contributed by atoms with Crippen LogP contribution >= 0.6 is 36.0 Å². The van der Waals surface area contributed by atoms with Crippen LogP contribution in [0, 0.1) is 8.46 Å². The minimum atomic E-state index is 0. The number of H-pyrrole nitrogens is 2. The lowest BCUT2D eigenvalue weighted by Crippen LogP contribution is -1.57. The van der Waals surface area contributed by atoms with Crippen molar-refractivity contribution in [3.63, 3.8) is 0 Å². The normalized spacial score (nSPS) is 8.00. The van der Waals surface area contributed by atoms with Gasteiger partial charge in [0.2, 0.25) is 0 Å². The number of rotatable bonds is 0. The Hall–Kier alpha value is -0.0400. The van der Waals surface area contributed by atoms with Gasteiger partial charge in [-0.15, -0.1) is 0 Å². The zero-order valence-electron chi connectivity index (χ0n) is 3.93. The largest absolute Gasteiger partial charge is 0.344 e. The fourth-order valence-corrected chi connectivity index (χ4v) is 1.02. The molecule has 1 rings (SSSR count). The van der Waals surface area contributed by atoms with E-state index in [1.807, 2.05) is 0 Å². The third kappa shape index (κ3) is 1.48. The van der Waals surface area contributed by atoms with E-state index in [1.165, 1.54) is 11.5 Å². The molecule has 0 aliphatic rings. The highest BCUT2D eigenvalue weighted by molar-refractivity contribution is 7.75. The van der Waals surface area contributed by atoms with Gasteiger partial charge in [0, 0.05) is 0 Å². The Kier molecular flexibility index (Phi) is 3.06. The first kappa shape index (κ1) is 7.96. The van der Waals surface area contributed by atoms with Gasteiger partial charge in [0.25, 0.3) is 0 Å². The van der Waals surface area contributed by atoms with Crippen LogP contribution in [-0.2, 0) is 0 Å². The van der Waals surface area contributed by atoms with Crippen LogP contribution in [-0.4, -0.2) is 9.59 Å². The summed E-state index contributed by atoms with van der Waals surface area (Å²) in [6.07, 6.45) is 0. The molecule has 0 atom stereocenters. The molecule has 0 bridgehead atoms. The summed E-state index contributed by atoms with van der Waals surface area (Å²) in [4.78, 5) is 0. The lowest BCUT2D eigenvalue weighted by molar-refractivity contribution is 1.14. The fraction of sp³-hybridized carbons (Fsp3) is 0. The predicted octanol–water partition coefficient (Wildman–Crippen LogP) is 2.03. The molecule has 6 heteroatoms. The monoisotopic (exact) mass is 167 g/mol. The highest BCUT2D eigenvalue weighted by atomic mass is 32.2. The van der Waals surface area contributed by atoms with E-state index in [-0.39, 0.29) is 6.15 Å². The van der Waals surface area contributed by atoms with Gasteiger partial charge in [0.05, 0.1) is 0 Å². The molecule has 0 aliphatic carbocycles. The third-order valence-corrected chi connectivity index (χ3v) is 2.11. The SMILES string of the molecule is N.S=c1[nH][nH]sc1=S. The van der Waals surface area contributed by atoms with E-state index in [9.17, 15) is 0 Å². The molecule has 0 saturated carbocycles. The molecule has 3 nitrogen and oxygen atoms in total. The lowest BCUT2D eigenvalue weighted by Gasteiger charge is -1.56. The molecule has 0 unspecified atom stereocenters. The van der Waals surface area contributed by atoms with Gasteiger partial charge >= 0.3 is 0 Å². The molecule has 1 heterocycles. The van der Waals surface area contributed by atoms with Gasteiger partial charge in [0.1, 0.15) is 8.46 Å². The average Bonchev–Trinajstić information content (AvgIpc) is 1.91. The second-order valence-corrected chi connectivity index (χ2v) is 2.84. The predicted molar refractivity (Wildman–Crippen MR) is 39.7 cm³/mol. The van der Waals surface area contributed by atoms with Gasteiger partial charge in [-0.25, -0.2) is 0 Å². The average molecular weight is 167 g/mol. The van der Waals surface area contributed by atoms with Crippen molar-refractivity contribution in [2.24, 2.45) is 0 Å². The van der Waals surface area contributed by atoms with Crippen molar-refractivity contribution in [1.82, 2.24) is 15.7 Å². The van der Waals surface area contributed by atoms with Gasteiger partial charge in [0.15, 0.2) is 0 Å². The van der Waals surface area contributed by atoms with Crippen molar-refractivity contribution < 1.29 is 0 Å². The Morgan fingerprint density at radius 1 is 1.38 bits per heavy atom. The molecule has 0 radical (unpaired) electrons. The van der Waals surface area contributed by atoms with Crippen molar-refractivity contribution in [2.75, 3.05) is 0 Å². The molecule has 46 valence electrons. The van der Waals surface area contributed by atoms with Crippen LogP contribution in [0.4, 0.5) is 0 Å². The van der Waals surface area contributed by atoms with Gasteiger partial charge in [-0.3, -0.25) is 9.59 Å². The standard InChI is InChI=1S/C2H2N2S3.H3N/c5-1-2(6)7-4-3-1;/h4H,(H,3,5);1H3. The van der Waals surface area contributed by atoms with E-state index in [0.29, 0.717) is 4.64 Å². The van der Waals surface area contributed by atoms with E-state index in [0.717, 1.165) is 3.82 Å². The summed E-state index contributed by atoms with van der Waals surface area (Å²) >= 11 is 10.8. The smallest absolute Gasteiger partial charge is 0.148 e. The fourth-order valence-electron chi connectivity index (χ4n) is 0.216.